The van der Waals surface area contributed by atoms with E-state index in [1.165, 1.54) is 19.3 Å². The molecule has 1 N–H and O–H groups in total. The van der Waals surface area contributed by atoms with Crippen LogP contribution in [0.5, 0.6) is 0 Å². The fraction of sp³-hybridized carbons (Fsp3) is 0.609. The van der Waals surface area contributed by atoms with E-state index < -0.39 is 0 Å². The minimum Gasteiger partial charge on any atom is -0.370 e. The molecule has 4 rings (SSSR count). The van der Waals surface area contributed by atoms with E-state index in [-0.39, 0.29) is 11.5 Å². The maximum atomic E-state index is 12.3. The third-order valence-electron chi connectivity index (χ3n) is 7.01. The van der Waals surface area contributed by atoms with Crippen molar-refractivity contribution in [3.8, 4) is 0 Å². The van der Waals surface area contributed by atoms with E-state index in [1.807, 2.05) is 36.4 Å². The van der Waals surface area contributed by atoms with Crippen LogP contribution in [0.1, 0.15) is 45.1 Å². The Bertz CT molecular complexity index is 685. The SMILES string of the molecule is CCC(CC)N1C[C@@H]2[C@H](CNC(=O)/C=C/c3ccccc3)[C@H]3CC[C@]2(C1)O3. The minimum atomic E-state index is -0.00878. The number of rotatable bonds is 7. The standard InChI is InChI=1S/C23H32N2O2/c1-3-18(4-2)25-15-20-19(21-12-13-23(20,16-25)27-21)14-24-22(26)11-10-17-8-6-5-7-9-17/h5-11,18-21H,3-4,12-16H2,1-2H3,(H,24,26)/b11-10+/t19-,20+,21+,23+/m0/s1. The molecule has 1 spiro atoms. The molecule has 3 aliphatic rings. The van der Waals surface area contributed by atoms with Crippen molar-refractivity contribution in [2.45, 2.75) is 57.3 Å². The first-order chi connectivity index (χ1) is 13.1. The first-order valence-electron chi connectivity index (χ1n) is 10.6. The Morgan fingerprint density at radius 3 is 2.85 bits per heavy atom. The van der Waals surface area contributed by atoms with E-state index in [2.05, 4.69) is 24.1 Å². The van der Waals surface area contributed by atoms with E-state index >= 15 is 0 Å². The van der Waals surface area contributed by atoms with E-state index in [0.717, 1.165) is 31.6 Å². The third-order valence-corrected chi connectivity index (χ3v) is 7.01. The first kappa shape index (κ1) is 18.7. The lowest BCUT2D eigenvalue weighted by Gasteiger charge is -2.29. The van der Waals surface area contributed by atoms with Gasteiger partial charge in [-0.2, -0.15) is 0 Å². The van der Waals surface area contributed by atoms with Gasteiger partial charge < -0.3 is 10.1 Å². The Kier molecular flexibility index (Phi) is 5.38. The molecule has 27 heavy (non-hydrogen) atoms. The van der Waals surface area contributed by atoms with Gasteiger partial charge in [0.15, 0.2) is 0 Å². The Balaban J connectivity index is 1.36. The molecule has 0 aliphatic carbocycles. The Morgan fingerprint density at radius 1 is 1.33 bits per heavy atom. The fourth-order valence-corrected chi connectivity index (χ4v) is 5.60. The number of nitrogens with zero attached hydrogens (tertiary/aromatic N) is 1. The van der Waals surface area contributed by atoms with E-state index in [0.29, 0.717) is 24.0 Å². The zero-order chi connectivity index (χ0) is 18.9. The van der Waals surface area contributed by atoms with Gasteiger partial charge in [0.2, 0.25) is 5.91 Å². The average Bonchev–Trinajstić information content (AvgIpc) is 3.35. The highest BCUT2D eigenvalue weighted by molar-refractivity contribution is 5.91. The van der Waals surface area contributed by atoms with Crippen molar-refractivity contribution in [2.24, 2.45) is 11.8 Å². The highest BCUT2D eigenvalue weighted by Gasteiger charge is 2.63. The van der Waals surface area contributed by atoms with E-state index in [4.69, 9.17) is 4.74 Å². The van der Waals surface area contributed by atoms with Crippen LogP contribution in [0.15, 0.2) is 36.4 Å². The molecule has 1 aromatic rings. The van der Waals surface area contributed by atoms with Gasteiger partial charge in [-0.3, -0.25) is 9.69 Å². The molecular formula is C23H32N2O2. The largest absolute Gasteiger partial charge is 0.370 e. The van der Waals surface area contributed by atoms with Crippen LogP contribution >= 0.6 is 0 Å². The van der Waals surface area contributed by atoms with Crippen molar-refractivity contribution >= 4 is 12.0 Å². The molecule has 4 atom stereocenters. The molecule has 3 aliphatic heterocycles. The fourth-order valence-electron chi connectivity index (χ4n) is 5.60. The Hall–Kier alpha value is -1.65. The van der Waals surface area contributed by atoms with Crippen LogP contribution in [-0.4, -0.2) is 48.2 Å². The lowest BCUT2D eigenvalue weighted by Crippen LogP contribution is -2.41. The molecule has 3 fully saturated rings. The van der Waals surface area contributed by atoms with E-state index in [9.17, 15) is 4.79 Å². The maximum Gasteiger partial charge on any atom is 0.244 e. The normalized spacial score (nSPS) is 32.5. The summed E-state index contributed by atoms with van der Waals surface area (Å²) in [6.07, 6.45) is 8.59. The molecule has 0 aromatic heterocycles. The van der Waals surface area contributed by atoms with Gasteiger partial charge in [0, 0.05) is 43.6 Å². The third kappa shape index (κ3) is 3.57. The van der Waals surface area contributed by atoms with Crippen LogP contribution in [0, 0.1) is 11.8 Å². The van der Waals surface area contributed by atoms with Crippen molar-refractivity contribution in [3.05, 3.63) is 42.0 Å². The summed E-state index contributed by atoms with van der Waals surface area (Å²) in [5.41, 5.74) is 1.11. The predicted molar refractivity (Wildman–Crippen MR) is 108 cm³/mol. The van der Waals surface area contributed by atoms with Crippen LogP contribution in [-0.2, 0) is 9.53 Å². The number of benzene rings is 1. The van der Waals surface area contributed by atoms with Crippen molar-refractivity contribution in [3.63, 3.8) is 0 Å². The minimum absolute atomic E-state index is 0.00878. The topological polar surface area (TPSA) is 41.6 Å². The summed E-state index contributed by atoms with van der Waals surface area (Å²) in [4.78, 5) is 14.9. The summed E-state index contributed by atoms with van der Waals surface area (Å²) in [7, 11) is 0. The van der Waals surface area contributed by atoms with Crippen molar-refractivity contribution in [1.29, 1.82) is 0 Å². The maximum absolute atomic E-state index is 12.3. The monoisotopic (exact) mass is 368 g/mol. The highest BCUT2D eigenvalue weighted by Crippen LogP contribution is 2.55. The van der Waals surface area contributed by atoms with Crippen molar-refractivity contribution in [1.82, 2.24) is 10.2 Å². The molecule has 4 nitrogen and oxygen atoms in total. The lowest BCUT2D eigenvalue weighted by atomic mass is 9.73. The molecule has 3 heterocycles. The van der Waals surface area contributed by atoms with Gasteiger partial charge in [-0.1, -0.05) is 44.2 Å². The number of fused-ring (bicyclic) bond motifs is 1. The van der Waals surface area contributed by atoms with Gasteiger partial charge in [0.05, 0.1) is 11.7 Å². The molecule has 0 unspecified atom stereocenters. The van der Waals surface area contributed by atoms with Gasteiger partial charge in [0.1, 0.15) is 0 Å². The van der Waals surface area contributed by atoms with Crippen LogP contribution in [0.25, 0.3) is 6.08 Å². The molecule has 4 heteroatoms. The van der Waals surface area contributed by atoms with Crippen molar-refractivity contribution in [2.75, 3.05) is 19.6 Å². The second-order valence-corrected chi connectivity index (χ2v) is 8.42. The lowest BCUT2D eigenvalue weighted by molar-refractivity contribution is -0.116. The molecule has 2 bridgehead atoms. The number of likely N-dealkylation sites (tertiary alicyclic amines) is 1. The van der Waals surface area contributed by atoms with E-state index in [1.54, 1.807) is 6.08 Å². The summed E-state index contributed by atoms with van der Waals surface area (Å²) >= 11 is 0. The summed E-state index contributed by atoms with van der Waals surface area (Å²) in [6, 6.07) is 10.6. The van der Waals surface area contributed by atoms with Gasteiger partial charge >= 0.3 is 0 Å². The molecule has 3 saturated heterocycles. The summed E-state index contributed by atoms with van der Waals surface area (Å²) in [5, 5.41) is 3.14. The van der Waals surface area contributed by atoms with Gasteiger partial charge in [-0.05, 0) is 37.3 Å². The van der Waals surface area contributed by atoms with Crippen LogP contribution in [0.2, 0.25) is 0 Å². The zero-order valence-electron chi connectivity index (χ0n) is 16.6. The number of ether oxygens (including phenoxy) is 1. The molecule has 1 aromatic carbocycles. The Morgan fingerprint density at radius 2 is 2.11 bits per heavy atom. The molecule has 0 radical (unpaired) electrons. The van der Waals surface area contributed by atoms with Crippen LogP contribution in [0.3, 0.4) is 0 Å². The predicted octanol–water partition coefficient (Wildman–Crippen LogP) is 3.48. The smallest absolute Gasteiger partial charge is 0.244 e. The van der Waals surface area contributed by atoms with Crippen LogP contribution in [0.4, 0.5) is 0 Å². The summed E-state index contributed by atoms with van der Waals surface area (Å²) in [5.74, 6) is 1.01. The Labute approximate surface area is 163 Å². The number of nitrogens with one attached hydrogen (secondary N) is 1. The highest BCUT2D eigenvalue weighted by atomic mass is 16.5. The number of carbonyl (C=O) groups is 1. The molecular weight excluding hydrogens is 336 g/mol. The van der Waals surface area contributed by atoms with Crippen LogP contribution < -0.4 is 5.32 Å². The number of amides is 1. The number of hydrogen-bond acceptors (Lipinski definition) is 3. The zero-order valence-corrected chi connectivity index (χ0v) is 16.6. The summed E-state index contributed by atoms with van der Waals surface area (Å²) < 4.78 is 6.52. The van der Waals surface area contributed by atoms with Crippen molar-refractivity contribution < 1.29 is 9.53 Å². The number of hydrogen-bond donors (Lipinski definition) is 1. The van der Waals surface area contributed by atoms with Gasteiger partial charge in [-0.25, -0.2) is 0 Å². The second kappa shape index (κ2) is 7.76. The van der Waals surface area contributed by atoms with Gasteiger partial charge in [0.25, 0.3) is 0 Å². The second-order valence-electron chi connectivity index (χ2n) is 8.42. The molecule has 1 amide bonds. The average molecular weight is 369 g/mol. The van der Waals surface area contributed by atoms with Gasteiger partial charge in [-0.15, -0.1) is 0 Å². The quantitative estimate of drug-likeness (QED) is 0.749. The first-order valence-corrected chi connectivity index (χ1v) is 10.6. The molecule has 0 saturated carbocycles. The number of carbonyl (C=O) groups excluding carboxylic acids is 1. The molecule has 146 valence electrons. The summed E-state index contributed by atoms with van der Waals surface area (Å²) in [6.45, 7) is 7.51.